The lowest BCUT2D eigenvalue weighted by Gasteiger charge is -2.28. The molecule has 3 aromatic rings. The lowest BCUT2D eigenvalue weighted by molar-refractivity contribution is 0.0622. The first-order valence-electron chi connectivity index (χ1n) is 11.2. The van der Waals surface area contributed by atoms with Gasteiger partial charge in [-0.15, -0.1) is 0 Å². The number of anilines is 2. The maximum absolute atomic E-state index is 13.3. The molecule has 2 aromatic heterocycles. The van der Waals surface area contributed by atoms with Crippen LogP contribution in [-0.4, -0.2) is 44.8 Å². The van der Waals surface area contributed by atoms with Gasteiger partial charge in [0.2, 0.25) is 5.88 Å². The number of aromatic nitrogens is 2. The zero-order valence-electron chi connectivity index (χ0n) is 19.8. The first-order valence-corrected chi connectivity index (χ1v) is 13.5. The molecule has 1 fully saturated rings. The largest absolute Gasteiger partial charge is 0.480 e. The van der Waals surface area contributed by atoms with Crippen LogP contribution in [0.4, 0.5) is 10.8 Å². The van der Waals surface area contributed by atoms with E-state index in [2.05, 4.69) is 26.9 Å². The van der Waals surface area contributed by atoms with Crippen LogP contribution in [0, 0.1) is 19.8 Å². The Hall–Kier alpha value is -2.69. The highest BCUT2D eigenvalue weighted by Crippen LogP contribution is 2.36. The van der Waals surface area contributed by atoms with Crippen LogP contribution in [0.15, 0.2) is 41.4 Å². The van der Waals surface area contributed by atoms with E-state index in [4.69, 9.17) is 9.47 Å². The summed E-state index contributed by atoms with van der Waals surface area (Å²) in [5.74, 6) is 0.576. The van der Waals surface area contributed by atoms with Crippen LogP contribution in [0.25, 0.3) is 10.4 Å². The van der Waals surface area contributed by atoms with Crippen molar-refractivity contribution in [1.29, 1.82) is 0 Å². The minimum absolute atomic E-state index is 0.0198. The van der Waals surface area contributed by atoms with Crippen LogP contribution in [0.1, 0.15) is 31.0 Å². The SMILES string of the molecule is COc1ncc(-c2sc(NC(C)C3CCOCC3)nc2C)cc1S(=O)(=O)Nc1ccccc1C. The fourth-order valence-electron chi connectivity index (χ4n) is 4.04. The molecule has 1 aliphatic heterocycles. The minimum atomic E-state index is -3.93. The van der Waals surface area contributed by atoms with Gasteiger partial charge in [0.15, 0.2) is 5.13 Å². The molecule has 0 amide bonds. The van der Waals surface area contributed by atoms with E-state index in [0.29, 0.717) is 17.2 Å². The Balaban J connectivity index is 1.62. The van der Waals surface area contributed by atoms with Gasteiger partial charge in [-0.2, -0.15) is 0 Å². The summed E-state index contributed by atoms with van der Waals surface area (Å²) >= 11 is 1.49. The summed E-state index contributed by atoms with van der Waals surface area (Å²) in [7, 11) is -2.52. The molecule has 34 heavy (non-hydrogen) atoms. The molecule has 1 aliphatic rings. The highest BCUT2D eigenvalue weighted by atomic mass is 32.2. The quantitative estimate of drug-likeness (QED) is 0.453. The van der Waals surface area contributed by atoms with E-state index in [1.807, 2.05) is 26.0 Å². The number of pyridine rings is 1. The first kappa shape index (κ1) is 24.4. The highest BCUT2D eigenvalue weighted by Gasteiger charge is 2.25. The van der Waals surface area contributed by atoms with Gasteiger partial charge in [0, 0.05) is 31.0 Å². The van der Waals surface area contributed by atoms with E-state index in [9.17, 15) is 8.42 Å². The summed E-state index contributed by atoms with van der Waals surface area (Å²) in [5.41, 5.74) is 2.82. The van der Waals surface area contributed by atoms with Gasteiger partial charge in [0.25, 0.3) is 10.0 Å². The monoisotopic (exact) mass is 502 g/mol. The van der Waals surface area contributed by atoms with Crippen LogP contribution < -0.4 is 14.8 Å². The van der Waals surface area contributed by atoms with Gasteiger partial charge in [-0.3, -0.25) is 4.72 Å². The van der Waals surface area contributed by atoms with E-state index in [0.717, 1.165) is 47.3 Å². The summed E-state index contributed by atoms with van der Waals surface area (Å²) in [6.45, 7) is 7.53. The Morgan fingerprint density at radius 1 is 1.21 bits per heavy atom. The summed E-state index contributed by atoms with van der Waals surface area (Å²) < 4.78 is 39.9. The zero-order chi connectivity index (χ0) is 24.3. The number of methoxy groups -OCH3 is 1. The van der Waals surface area contributed by atoms with Gasteiger partial charge in [0.05, 0.1) is 23.4 Å². The van der Waals surface area contributed by atoms with Gasteiger partial charge >= 0.3 is 0 Å². The lowest BCUT2D eigenvalue weighted by atomic mass is 9.93. The van der Waals surface area contributed by atoms with Crippen LogP contribution >= 0.6 is 11.3 Å². The number of nitrogens with one attached hydrogen (secondary N) is 2. The van der Waals surface area contributed by atoms with E-state index in [1.54, 1.807) is 24.4 Å². The second kappa shape index (κ2) is 10.3. The first-order chi connectivity index (χ1) is 16.3. The Morgan fingerprint density at radius 2 is 1.94 bits per heavy atom. The molecule has 1 aromatic carbocycles. The maximum atomic E-state index is 13.3. The Morgan fingerprint density at radius 3 is 2.65 bits per heavy atom. The van der Waals surface area contributed by atoms with Crippen molar-refractivity contribution in [2.45, 2.75) is 44.6 Å². The van der Waals surface area contributed by atoms with Crippen molar-refractivity contribution in [1.82, 2.24) is 9.97 Å². The average Bonchev–Trinajstić information content (AvgIpc) is 3.20. The van der Waals surface area contributed by atoms with Crippen molar-refractivity contribution in [2.75, 3.05) is 30.4 Å². The lowest BCUT2D eigenvalue weighted by Crippen LogP contribution is -2.30. The van der Waals surface area contributed by atoms with Crippen molar-refractivity contribution >= 4 is 32.2 Å². The Kier molecular flexibility index (Phi) is 7.39. The smallest absolute Gasteiger partial charge is 0.267 e. The molecule has 182 valence electrons. The third-order valence-corrected chi connectivity index (χ3v) is 8.57. The topological polar surface area (TPSA) is 102 Å². The fraction of sp³-hybridized carbons (Fsp3) is 0.417. The summed E-state index contributed by atoms with van der Waals surface area (Å²) in [4.78, 5) is 9.82. The van der Waals surface area contributed by atoms with E-state index in [-0.39, 0.29) is 16.8 Å². The van der Waals surface area contributed by atoms with E-state index < -0.39 is 10.0 Å². The summed E-state index contributed by atoms with van der Waals surface area (Å²) in [6.07, 6.45) is 3.68. The summed E-state index contributed by atoms with van der Waals surface area (Å²) in [6, 6.07) is 9.08. The highest BCUT2D eigenvalue weighted by molar-refractivity contribution is 7.92. The molecule has 0 saturated carbocycles. The van der Waals surface area contributed by atoms with Crippen molar-refractivity contribution < 1.29 is 17.9 Å². The molecular formula is C24H30N4O4S2. The predicted octanol–water partition coefficient (Wildman–Crippen LogP) is 4.86. The summed E-state index contributed by atoms with van der Waals surface area (Å²) in [5, 5.41) is 4.33. The molecule has 0 spiro atoms. The zero-order valence-corrected chi connectivity index (χ0v) is 21.4. The molecule has 2 N–H and O–H groups in total. The average molecular weight is 503 g/mol. The van der Waals surface area contributed by atoms with Gasteiger partial charge in [-0.1, -0.05) is 29.5 Å². The number of rotatable bonds is 8. The van der Waals surface area contributed by atoms with Gasteiger partial charge in [0.1, 0.15) is 4.90 Å². The molecule has 0 aliphatic carbocycles. The van der Waals surface area contributed by atoms with Crippen LogP contribution in [0.2, 0.25) is 0 Å². The number of hydrogen-bond acceptors (Lipinski definition) is 8. The van der Waals surface area contributed by atoms with Crippen molar-refractivity contribution in [2.24, 2.45) is 5.92 Å². The number of thiazole rings is 1. The van der Waals surface area contributed by atoms with Crippen molar-refractivity contribution in [3.8, 4) is 16.3 Å². The van der Waals surface area contributed by atoms with Crippen LogP contribution in [-0.2, 0) is 14.8 Å². The Bertz CT molecular complexity index is 1250. The molecule has 4 rings (SSSR count). The molecule has 10 heteroatoms. The molecule has 1 unspecified atom stereocenters. The number of sulfonamides is 1. The number of hydrogen-bond donors (Lipinski definition) is 2. The fourth-order valence-corrected chi connectivity index (χ4v) is 6.36. The van der Waals surface area contributed by atoms with E-state index in [1.165, 1.54) is 18.4 Å². The van der Waals surface area contributed by atoms with Crippen LogP contribution in [0.5, 0.6) is 5.88 Å². The maximum Gasteiger partial charge on any atom is 0.267 e. The number of nitrogens with zero attached hydrogens (tertiary/aromatic N) is 2. The third-order valence-electron chi connectivity index (χ3n) is 6.07. The number of ether oxygens (including phenoxy) is 2. The Labute approximate surface area is 204 Å². The molecule has 1 saturated heterocycles. The van der Waals surface area contributed by atoms with Crippen molar-refractivity contribution in [3.05, 3.63) is 47.8 Å². The molecular weight excluding hydrogens is 472 g/mol. The normalized spacial score (nSPS) is 15.6. The van der Waals surface area contributed by atoms with Crippen LogP contribution in [0.3, 0.4) is 0 Å². The van der Waals surface area contributed by atoms with Crippen molar-refractivity contribution in [3.63, 3.8) is 0 Å². The number of para-hydroxylation sites is 1. The molecule has 0 bridgehead atoms. The third kappa shape index (κ3) is 5.34. The second-order valence-electron chi connectivity index (χ2n) is 8.47. The predicted molar refractivity (Wildman–Crippen MR) is 135 cm³/mol. The van der Waals surface area contributed by atoms with Gasteiger partial charge < -0.3 is 14.8 Å². The van der Waals surface area contributed by atoms with Gasteiger partial charge in [-0.05, 0) is 57.2 Å². The minimum Gasteiger partial charge on any atom is -0.480 e. The molecule has 8 nitrogen and oxygen atoms in total. The van der Waals surface area contributed by atoms with Gasteiger partial charge in [-0.25, -0.2) is 18.4 Å². The van der Waals surface area contributed by atoms with E-state index >= 15 is 0 Å². The second-order valence-corrected chi connectivity index (χ2v) is 11.1. The standard InChI is InChI=1S/C24H30N4O4S2/c1-15-7-5-6-8-20(15)28-34(29,30)21-13-19(14-25-23(21)31-4)22-17(3)27-24(33-22)26-16(2)18-9-11-32-12-10-18/h5-8,13-14,16,18,28H,9-12H2,1-4H3,(H,26,27). The number of aryl methyl sites for hydroxylation is 2. The molecule has 1 atom stereocenters. The number of benzene rings is 1. The molecule has 0 radical (unpaired) electrons. The molecule has 3 heterocycles.